The Bertz CT molecular complexity index is 1470. The van der Waals surface area contributed by atoms with Crippen LogP contribution in [0.1, 0.15) is 69.0 Å². The molecule has 9 heteroatoms. The zero-order chi connectivity index (χ0) is 30.6. The summed E-state index contributed by atoms with van der Waals surface area (Å²) in [5.74, 6) is 0.590. The van der Waals surface area contributed by atoms with Crippen molar-refractivity contribution in [1.29, 1.82) is 0 Å². The molecule has 2 atom stereocenters. The minimum Gasteiger partial charge on any atom is -0.489 e. The van der Waals surface area contributed by atoms with Gasteiger partial charge in [-0.05, 0) is 67.2 Å². The number of aliphatic imine (C=N–C) groups is 1. The highest BCUT2D eigenvalue weighted by atomic mass is 32.2. The highest BCUT2D eigenvalue weighted by Gasteiger charge is 2.48. The quantitative estimate of drug-likeness (QED) is 0.240. The number of rotatable bonds is 10. The summed E-state index contributed by atoms with van der Waals surface area (Å²) in [5.41, 5.74) is 1.48. The van der Waals surface area contributed by atoms with Crippen molar-refractivity contribution < 1.29 is 22.3 Å². The lowest BCUT2D eigenvalue weighted by Crippen LogP contribution is -2.53. The summed E-state index contributed by atoms with van der Waals surface area (Å²) >= 11 is 0. The van der Waals surface area contributed by atoms with Gasteiger partial charge in [0, 0.05) is 6.61 Å². The molecule has 1 fully saturated rings. The molecular formula is C33H44N2O5SSi. The Morgan fingerprint density at radius 2 is 1.62 bits per heavy atom. The summed E-state index contributed by atoms with van der Waals surface area (Å²) in [5, 5.41) is -0.882. The Morgan fingerprint density at radius 3 is 2.24 bits per heavy atom. The normalized spacial score (nSPS) is 19.9. The van der Waals surface area contributed by atoms with Gasteiger partial charge in [0.15, 0.2) is 8.32 Å². The molecule has 0 spiro atoms. The molecule has 1 saturated heterocycles. The molecule has 1 N–H and O–H groups in total. The van der Waals surface area contributed by atoms with Gasteiger partial charge in [-0.25, -0.2) is 18.1 Å². The van der Waals surface area contributed by atoms with Crippen molar-refractivity contribution in [3.05, 3.63) is 102 Å². The molecule has 1 unspecified atom stereocenters. The topological polar surface area (TPSA) is 86.2 Å². The lowest BCUT2D eigenvalue weighted by molar-refractivity contribution is 0.0758. The summed E-state index contributed by atoms with van der Waals surface area (Å²) in [7, 11) is -5.84. The number of amidine groups is 1. The molecule has 0 saturated carbocycles. The standard InChI is InChI=1S/C33H44N2O5SSi/c1-32(2,3)42(6,7)39-22-21-29(26-17-12-9-13-18-26)34-31-35-41(36,37)30(33(4,5)40-31)27-19-14-20-28(23-27)38-24-25-15-10-8-11-16-25/h8-20,23,29-30H,21-22,24H2,1-7H3,(H,34,35)/t29-,30?/m0/s1. The zero-order valence-electron chi connectivity index (χ0n) is 25.8. The van der Waals surface area contributed by atoms with Gasteiger partial charge in [0.1, 0.15) is 23.2 Å². The van der Waals surface area contributed by atoms with Crippen LogP contribution < -0.4 is 9.46 Å². The maximum absolute atomic E-state index is 13.7. The van der Waals surface area contributed by atoms with Crippen molar-refractivity contribution in [3.8, 4) is 5.75 Å². The van der Waals surface area contributed by atoms with Crippen molar-refractivity contribution >= 4 is 24.4 Å². The van der Waals surface area contributed by atoms with E-state index in [9.17, 15) is 8.42 Å². The van der Waals surface area contributed by atoms with Gasteiger partial charge in [0.25, 0.3) is 6.02 Å². The molecule has 3 aromatic carbocycles. The number of hydrogen-bond acceptors (Lipinski definition) is 6. The number of sulfonamides is 1. The van der Waals surface area contributed by atoms with E-state index in [-0.39, 0.29) is 17.1 Å². The van der Waals surface area contributed by atoms with E-state index in [0.29, 0.717) is 30.9 Å². The molecule has 1 aliphatic rings. The molecule has 4 rings (SSSR count). The fourth-order valence-corrected chi connectivity index (χ4v) is 7.60. The van der Waals surface area contributed by atoms with Crippen LogP contribution in [0.25, 0.3) is 0 Å². The number of nitrogens with one attached hydrogen (secondary N) is 1. The highest BCUT2D eigenvalue weighted by molar-refractivity contribution is 7.90. The van der Waals surface area contributed by atoms with Crippen LogP contribution in [0.3, 0.4) is 0 Å². The fourth-order valence-electron chi connectivity index (χ4n) is 4.78. The molecule has 3 aromatic rings. The Hall–Kier alpha value is -3.14. The van der Waals surface area contributed by atoms with E-state index in [4.69, 9.17) is 18.9 Å². The Morgan fingerprint density at radius 1 is 0.976 bits per heavy atom. The average Bonchev–Trinajstić information content (AvgIpc) is 2.90. The van der Waals surface area contributed by atoms with Crippen LogP contribution in [0.4, 0.5) is 0 Å². The second kappa shape index (κ2) is 12.6. The van der Waals surface area contributed by atoms with Crippen LogP contribution in [-0.2, 0) is 25.8 Å². The Balaban J connectivity index is 1.55. The number of benzene rings is 3. The molecule has 0 aliphatic carbocycles. The second-order valence-electron chi connectivity index (χ2n) is 12.8. The molecular weight excluding hydrogens is 565 g/mol. The van der Waals surface area contributed by atoms with Gasteiger partial charge >= 0.3 is 0 Å². The van der Waals surface area contributed by atoms with E-state index in [1.165, 1.54) is 0 Å². The van der Waals surface area contributed by atoms with Crippen molar-refractivity contribution in [3.63, 3.8) is 0 Å². The molecule has 1 heterocycles. The summed E-state index contributed by atoms with van der Waals surface area (Å²) in [6.45, 7) is 15.5. The summed E-state index contributed by atoms with van der Waals surface area (Å²) in [6, 6.07) is 26.5. The molecule has 0 amide bonds. The van der Waals surface area contributed by atoms with Crippen molar-refractivity contribution in [2.45, 2.75) is 82.7 Å². The van der Waals surface area contributed by atoms with Crippen molar-refractivity contribution in [2.75, 3.05) is 6.61 Å². The monoisotopic (exact) mass is 608 g/mol. The van der Waals surface area contributed by atoms with Crippen LogP contribution in [0.15, 0.2) is 89.9 Å². The van der Waals surface area contributed by atoms with Crippen molar-refractivity contribution in [1.82, 2.24) is 4.72 Å². The van der Waals surface area contributed by atoms with Gasteiger partial charge in [0.05, 0.1) is 6.04 Å². The number of nitrogens with zero attached hydrogens (tertiary/aromatic N) is 1. The van der Waals surface area contributed by atoms with Crippen LogP contribution in [0, 0.1) is 0 Å². The predicted octanol–water partition coefficient (Wildman–Crippen LogP) is 7.54. The van der Waals surface area contributed by atoms with E-state index in [1.807, 2.05) is 66.7 Å². The minimum absolute atomic E-state index is 0.00564. The van der Waals surface area contributed by atoms with E-state index in [1.54, 1.807) is 32.0 Å². The molecule has 0 bridgehead atoms. The zero-order valence-corrected chi connectivity index (χ0v) is 27.6. The van der Waals surface area contributed by atoms with Gasteiger partial charge in [-0.3, -0.25) is 0 Å². The average molecular weight is 609 g/mol. The molecule has 7 nitrogen and oxygen atoms in total. The van der Waals surface area contributed by atoms with Crippen molar-refractivity contribution in [2.24, 2.45) is 4.99 Å². The summed E-state index contributed by atoms with van der Waals surface area (Å²) in [6.07, 6.45) is 0.593. The van der Waals surface area contributed by atoms with Gasteiger partial charge in [-0.15, -0.1) is 0 Å². The van der Waals surface area contributed by atoms with Crippen LogP contribution >= 0.6 is 0 Å². The van der Waals surface area contributed by atoms with Crippen LogP contribution in [-0.4, -0.2) is 35.0 Å². The van der Waals surface area contributed by atoms with E-state index >= 15 is 0 Å². The lowest BCUT2D eigenvalue weighted by atomic mass is 9.97. The first-order valence-corrected chi connectivity index (χ1v) is 18.9. The molecule has 42 heavy (non-hydrogen) atoms. The van der Waals surface area contributed by atoms with Gasteiger partial charge < -0.3 is 13.9 Å². The third kappa shape index (κ3) is 7.82. The van der Waals surface area contributed by atoms with E-state index in [0.717, 1.165) is 11.1 Å². The highest BCUT2D eigenvalue weighted by Crippen LogP contribution is 2.40. The molecule has 0 aromatic heterocycles. The minimum atomic E-state index is -3.89. The molecule has 1 aliphatic heterocycles. The molecule has 0 radical (unpaired) electrons. The molecule has 226 valence electrons. The smallest absolute Gasteiger partial charge is 0.299 e. The summed E-state index contributed by atoms with van der Waals surface area (Å²) < 4.78 is 48.8. The first kappa shape index (κ1) is 31.8. The largest absolute Gasteiger partial charge is 0.489 e. The maximum atomic E-state index is 13.7. The number of ether oxygens (including phenoxy) is 2. The maximum Gasteiger partial charge on any atom is 0.299 e. The van der Waals surface area contributed by atoms with Gasteiger partial charge in [-0.1, -0.05) is 93.6 Å². The van der Waals surface area contributed by atoms with Gasteiger partial charge in [-0.2, -0.15) is 0 Å². The predicted molar refractivity (Wildman–Crippen MR) is 172 cm³/mol. The fraction of sp³-hybridized carbons (Fsp3) is 0.424. The Kier molecular flexibility index (Phi) is 9.54. The van der Waals surface area contributed by atoms with Crippen LogP contribution in [0.5, 0.6) is 5.75 Å². The lowest BCUT2D eigenvalue weighted by Gasteiger charge is -2.39. The second-order valence-corrected chi connectivity index (χ2v) is 19.4. The third-order valence-corrected chi connectivity index (χ3v) is 14.5. The first-order chi connectivity index (χ1) is 19.7. The summed E-state index contributed by atoms with van der Waals surface area (Å²) in [4.78, 5) is 4.80. The van der Waals surface area contributed by atoms with E-state index in [2.05, 4.69) is 38.6 Å². The Labute approximate surface area is 252 Å². The van der Waals surface area contributed by atoms with E-state index < -0.39 is 29.2 Å². The third-order valence-electron chi connectivity index (χ3n) is 8.06. The van der Waals surface area contributed by atoms with Crippen LogP contribution in [0.2, 0.25) is 18.1 Å². The SMILES string of the molecule is CC1(C)OC(=N[C@@H](CCO[Si](C)(C)C(C)(C)C)c2ccccc2)NS(=O)(=O)C1c1cccc(OCc2ccccc2)c1. The number of hydrogen-bond donors (Lipinski definition) is 1. The first-order valence-electron chi connectivity index (χ1n) is 14.4. The van der Waals surface area contributed by atoms with Gasteiger partial charge in [0.2, 0.25) is 10.0 Å².